The molecule has 0 fully saturated rings. The quantitative estimate of drug-likeness (QED) is 0.723. The summed E-state index contributed by atoms with van der Waals surface area (Å²) >= 11 is 0. The molecule has 0 bridgehead atoms. The molecule has 3 rings (SSSR count). The number of methoxy groups -OCH3 is 1. The van der Waals surface area contributed by atoms with Gasteiger partial charge in [0.05, 0.1) is 12.6 Å². The third-order valence-corrected chi connectivity index (χ3v) is 3.32. The number of carbonyl (C=O) groups excluding carboxylic acids is 2. The summed E-state index contributed by atoms with van der Waals surface area (Å²) in [5, 5.41) is 10.0. The summed E-state index contributed by atoms with van der Waals surface area (Å²) in [6.45, 7) is 1.82. The zero-order valence-electron chi connectivity index (χ0n) is 12.6. The molecule has 0 aliphatic heterocycles. The van der Waals surface area contributed by atoms with Crippen molar-refractivity contribution in [3.63, 3.8) is 0 Å². The molecule has 2 N–H and O–H groups in total. The number of carbonyl (C=O) groups is 2. The van der Waals surface area contributed by atoms with Crippen molar-refractivity contribution >= 4 is 28.5 Å². The molecule has 1 aromatic carbocycles. The topological polar surface area (TPSA) is 97.0 Å². The monoisotopic (exact) mass is 310 g/mol. The Kier molecular flexibility index (Phi) is 3.76. The molecule has 0 aliphatic rings. The van der Waals surface area contributed by atoms with E-state index < -0.39 is 5.97 Å². The van der Waals surface area contributed by atoms with Crippen molar-refractivity contribution in [3.05, 3.63) is 53.5 Å². The Morgan fingerprint density at radius 2 is 2.04 bits per heavy atom. The molecular weight excluding hydrogens is 296 g/mol. The molecule has 0 saturated carbocycles. The second-order valence-corrected chi connectivity index (χ2v) is 4.94. The van der Waals surface area contributed by atoms with Crippen molar-refractivity contribution in [2.75, 3.05) is 12.4 Å². The summed E-state index contributed by atoms with van der Waals surface area (Å²) < 4.78 is 4.69. The Labute approximate surface area is 131 Å². The van der Waals surface area contributed by atoms with Gasteiger partial charge >= 0.3 is 5.97 Å². The average molecular weight is 310 g/mol. The van der Waals surface area contributed by atoms with Gasteiger partial charge in [0, 0.05) is 16.8 Å². The highest BCUT2D eigenvalue weighted by atomic mass is 16.5. The first-order chi connectivity index (χ1) is 11.1. The van der Waals surface area contributed by atoms with E-state index in [9.17, 15) is 9.59 Å². The number of aryl methyl sites for hydroxylation is 1. The van der Waals surface area contributed by atoms with Crippen molar-refractivity contribution in [1.82, 2.24) is 15.2 Å². The fraction of sp³-hybridized carbons (Fsp3) is 0.125. The minimum atomic E-state index is -0.542. The number of rotatable bonds is 3. The Balaban J connectivity index is 1.91. The summed E-state index contributed by atoms with van der Waals surface area (Å²) in [4.78, 5) is 28.1. The summed E-state index contributed by atoms with van der Waals surface area (Å²) in [7, 11) is 1.29. The van der Waals surface area contributed by atoms with E-state index in [1.54, 1.807) is 30.3 Å². The van der Waals surface area contributed by atoms with Crippen molar-refractivity contribution in [2.45, 2.75) is 6.92 Å². The average Bonchev–Trinajstić information content (AvgIpc) is 2.97. The van der Waals surface area contributed by atoms with Crippen LogP contribution in [-0.4, -0.2) is 34.2 Å². The van der Waals surface area contributed by atoms with Crippen molar-refractivity contribution < 1.29 is 14.3 Å². The molecule has 1 amide bonds. The fourth-order valence-corrected chi connectivity index (χ4v) is 2.21. The maximum absolute atomic E-state index is 12.2. The van der Waals surface area contributed by atoms with E-state index in [4.69, 9.17) is 0 Å². The lowest BCUT2D eigenvalue weighted by Crippen LogP contribution is -2.14. The maximum atomic E-state index is 12.2. The summed E-state index contributed by atoms with van der Waals surface area (Å²) in [5.41, 5.74) is 2.48. The summed E-state index contributed by atoms with van der Waals surface area (Å²) in [6, 6.07) is 10.3. The van der Waals surface area contributed by atoms with Gasteiger partial charge in [-0.2, -0.15) is 5.10 Å². The number of fused-ring (bicyclic) bond motifs is 1. The molecule has 0 radical (unpaired) electrons. The van der Waals surface area contributed by atoms with Gasteiger partial charge in [-0.15, -0.1) is 0 Å². The van der Waals surface area contributed by atoms with Gasteiger partial charge in [0.1, 0.15) is 5.69 Å². The number of aromatic nitrogens is 3. The van der Waals surface area contributed by atoms with Gasteiger partial charge in [-0.25, -0.2) is 9.78 Å². The first-order valence-corrected chi connectivity index (χ1v) is 6.90. The number of esters is 1. The summed E-state index contributed by atoms with van der Waals surface area (Å²) in [6.07, 6.45) is 0. The number of hydrogen-bond donors (Lipinski definition) is 2. The predicted molar refractivity (Wildman–Crippen MR) is 84.4 cm³/mol. The van der Waals surface area contributed by atoms with Crippen LogP contribution in [0.5, 0.6) is 0 Å². The van der Waals surface area contributed by atoms with Gasteiger partial charge < -0.3 is 10.1 Å². The standard InChI is InChI=1S/C16H14N4O3/c1-9-4-3-5-13(17-9)15(21)18-10-6-7-12-11(8-10)14(20-19-12)16(22)23-2/h3-8H,1-2H3,(H,18,21)(H,19,20). The van der Waals surface area contributed by atoms with Gasteiger partial charge in [0.25, 0.3) is 5.91 Å². The Hall–Kier alpha value is -3.22. The van der Waals surface area contributed by atoms with Crippen LogP contribution in [0.2, 0.25) is 0 Å². The number of benzene rings is 1. The van der Waals surface area contributed by atoms with Crippen molar-refractivity contribution in [2.24, 2.45) is 0 Å². The Bertz CT molecular complexity index is 901. The van der Waals surface area contributed by atoms with Crippen LogP contribution >= 0.6 is 0 Å². The molecule has 0 unspecified atom stereocenters. The number of ether oxygens (including phenoxy) is 1. The number of anilines is 1. The SMILES string of the molecule is COC(=O)c1n[nH]c2ccc(NC(=O)c3cccc(C)n3)cc12. The molecule has 0 atom stereocenters. The lowest BCUT2D eigenvalue weighted by molar-refractivity contribution is 0.0596. The van der Waals surface area contributed by atoms with Gasteiger partial charge in [-0.05, 0) is 37.3 Å². The highest BCUT2D eigenvalue weighted by molar-refractivity contribution is 6.06. The zero-order valence-corrected chi connectivity index (χ0v) is 12.6. The van der Waals surface area contributed by atoms with Crippen LogP contribution in [0.15, 0.2) is 36.4 Å². The second kappa shape index (κ2) is 5.88. The number of aromatic amines is 1. The molecule has 3 aromatic rings. The van der Waals surface area contributed by atoms with E-state index in [-0.39, 0.29) is 11.6 Å². The number of amides is 1. The molecule has 2 aromatic heterocycles. The molecule has 0 spiro atoms. The predicted octanol–water partition coefficient (Wildman–Crippen LogP) is 2.31. The van der Waals surface area contributed by atoms with E-state index in [2.05, 4.69) is 25.2 Å². The maximum Gasteiger partial charge on any atom is 0.359 e. The van der Waals surface area contributed by atoms with Crippen molar-refractivity contribution in [1.29, 1.82) is 0 Å². The minimum absolute atomic E-state index is 0.173. The highest BCUT2D eigenvalue weighted by Crippen LogP contribution is 2.21. The summed E-state index contributed by atoms with van der Waals surface area (Å²) in [5.74, 6) is -0.865. The van der Waals surface area contributed by atoms with E-state index in [0.29, 0.717) is 22.3 Å². The molecule has 0 aliphatic carbocycles. The Morgan fingerprint density at radius 3 is 2.78 bits per heavy atom. The highest BCUT2D eigenvalue weighted by Gasteiger charge is 2.15. The second-order valence-electron chi connectivity index (χ2n) is 4.94. The molecule has 7 heteroatoms. The largest absolute Gasteiger partial charge is 0.464 e. The number of nitrogens with zero attached hydrogens (tertiary/aromatic N) is 2. The molecule has 0 saturated heterocycles. The van der Waals surface area contributed by atoms with Crippen LogP contribution in [0.3, 0.4) is 0 Å². The van der Waals surface area contributed by atoms with Crippen LogP contribution in [0.1, 0.15) is 26.7 Å². The molecule has 23 heavy (non-hydrogen) atoms. The Morgan fingerprint density at radius 1 is 1.22 bits per heavy atom. The van der Waals surface area contributed by atoms with E-state index in [1.165, 1.54) is 7.11 Å². The van der Waals surface area contributed by atoms with Crippen LogP contribution in [0, 0.1) is 6.92 Å². The first kappa shape index (κ1) is 14.7. The lowest BCUT2D eigenvalue weighted by Gasteiger charge is -2.05. The van der Waals surface area contributed by atoms with Gasteiger partial charge in [-0.3, -0.25) is 9.89 Å². The van der Waals surface area contributed by atoms with Crippen LogP contribution < -0.4 is 5.32 Å². The third-order valence-electron chi connectivity index (χ3n) is 3.32. The third kappa shape index (κ3) is 2.89. The lowest BCUT2D eigenvalue weighted by atomic mass is 10.2. The van der Waals surface area contributed by atoms with Crippen LogP contribution in [-0.2, 0) is 4.74 Å². The van der Waals surface area contributed by atoms with Crippen LogP contribution in [0.25, 0.3) is 10.9 Å². The minimum Gasteiger partial charge on any atom is -0.464 e. The molecular formula is C16H14N4O3. The van der Waals surface area contributed by atoms with Crippen LogP contribution in [0.4, 0.5) is 5.69 Å². The number of pyridine rings is 1. The van der Waals surface area contributed by atoms with E-state index in [0.717, 1.165) is 5.69 Å². The van der Waals surface area contributed by atoms with E-state index in [1.807, 2.05) is 13.0 Å². The smallest absolute Gasteiger partial charge is 0.359 e. The zero-order chi connectivity index (χ0) is 16.4. The molecule has 116 valence electrons. The first-order valence-electron chi connectivity index (χ1n) is 6.90. The normalized spacial score (nSPS) is 10.5. The number of nitrogens with one attached hydrogen (secondary N) is 2. The molecule has 7 nitrogen and oxygen atoms in total. The van der Waals surface area contributed by atoms with E-state index >= 15 is 0 Å². The van der Waals surface area contributed by atoms with Gasteiger partial charge in [0.15, 0.2) is 5.69 Å². The number of hydrogen-bond acceptors (Lipinski definition) is 5. The van der Waals surface area contributed by atoms with Crippen molar-refractivity contribution in [3.8, 4) is 0 Å². The van der Waals surface area contributed by atoms with Gasteiger partial charge in [0.2, 0.25) is 0 Å². The molecule has 2 heterocycles. The number of H-pyrrole nitrogens is 1. The van der Waals surface area contributed by atoms with Gasteiger partial charge in [-0.1, -0.05) is 6.07 Å². The fourth-order valence-electron chi connectivity index (χ4n) is 2.21.